The Balaban J connectivity index is 1.70. The van der Waals surface area contributed by atoms with Crippen molar-refractivity contribution >= 4 is 23.7 Å². The number of benzene rings is 1. The molecule has 1 unspecified atom stereocenters. The van der Waals surface area contributed by atoms with Gasteiger partial charge in [0.15, 0.2) is 5.76 Å². The number of rotatable bonds is 4. The Morgan fingerprint density at radius 2 is 2.15 bits per heavy atom. The fourth-order valence-electron chi connectivity index (χ4n) is 2.42. The number of ether oxygens (including phenoxy) is 1. The van der Waals surface area contributed by atoms with Gasteiger partial charge in [0, 0.05) is 17.7 Å². The molecule has 0 saturated heterocycles. The number of hydrogen-bond donors (Lipinski definition) is 1. The maximum absolute atomic E-state index is 13.1. The Morgan fingerprint density at radius 3 is 2.81 bits per heavy atom. The van der Waals surface area contributed by atoms with Crippen molar-refractivity contribution in [2.45, 2.75) is 31.9 Å². The van der Waals surface area contributed by atoms with Crippen molar-refractivity contribution in [3.8, 4) is 5.75 Å². The van der Waals surface area contributed by atoms with Crippen LogP contribution in [0.15, 0.2) is 39.9 Å². The van der Waals surface area contributed by atoms with Gasteiger partial charge in [-0.15, -0.1) is 0 Å². The van der Waals surface area contributed by atoms with E-state index in [2.05, 4.69) is 5.10 Å². The van der Waals surface area contributed by atoms with Crippen LogP contribution in [0.25, 0.3) is 0 Å². The predicted octanol–water partition coefficient (Wildman–Crippen LogP) is 3.90. The number of hydrazone groups is 1. The number of carbonyl (C=O) groups excluding carboxylic acids is 1. The molecule has 6 nitrogen and oxygen atoms in total. The van der Waals surface area contributed by atoms with E-state index in [9.17, 15) is 23.1 Å². The summed E-state index contributed by atoms with van der Waals surface area (Å²) >= 11 is 5.93. The van der Waals surface area contributed by atoms with Crippen LogP contribution in [0.2, 0.25) is 5.02 Å². The number of hydrogen-bond acceptors (Lipinski definition) is 5. The standard InChI is InChI=1S/C17H14ClF3N2O4/c1-10-8-11(2-4-13(10)18)26-9-12-3-5-14(27-12)15(24)23-16(25,6-7-22-23)17(19,20)21/h2-5,7-8,25H,6,9H2,1H3. The number of aryl methyl sites for hydroxylation is 1. The number of amides is 1. The summed E-state index contributed by atoms with van der Waals surface area (Å²) in [6, 6.07) is 7.60. The molecule has 1 amide bonds. The number of aliphatic hydroxyl groups is 1. The van der Waals surface area contributed by atoms with Gasteiger partial charge in [0.2, 0.25) is 0 Å². The van der Waals surface area contributed by atoms with E-state index in [1.54, 1.807) is 25.1 Å². The molecule has 144 valence electrons. The summed E-state index contributed by atoms with van der Waals surface area (Å²) in [5.41, 5.74) is -2.59. The highest BCUT2D eigenvalue weighted by Gasteiger charge is 2.61. The maximum Gasteiger partial charge on any atom is 0.438 e. The zero-order chi connectivity index (χ0) is 19.8. The summed E-state index contributed by atoms with van der Waals surface area (Å²) < 4.78 is 49.9. The van der Waals surface area contributed by atoms with Gasteiger partial charge in [0.1, 0.15) is 18.1 Å². The first kappa shape index (κ1) is 19.2. The molecule has 1 atom stereocenters. The molecule has 0 bridgehead atoms. The number of halogens is 4. The SMILES string of the molecule is Cc1cc(OCc2ccc(C(=O)N3N=CCC3(O)C(F)(F)F)o2)ccc1Cl. The van der Waals surface area contributed by atoms with E-state index in [0.717, 1.165) is 11.8 Å². The number of nitrogens with zero attached hydrogens (tertiary/aromatic N) is 2. The number of carbonyl (C=O) groups is 1. The highest BCUT2D eigenvalue weighted by molar-refractivity contribution is 6.31. The van der Waals surface area contributed by atoms with Gasteiger partial charge in [0.25, 0.3) is 5.72 Å². The Morgan fingerprint density at radius 1 is 1.41 bits per heavy atom. The molecule has 0 spiro atoms. The third kappa shape index (κ3) is 3.65. The van der Waals surface area contributed by atoms with Crippen molar-refractivity contribution in [1.29, 1.82) is 0 Å². The van der Waals surface area contributed by atoms with Crippen LogP contribution in [0.4, 0.5) is 13.2 Å². The van der Waals surface area contributed by atoms with Crippen LogP contribution in [0.3, 0.4) is 0 Å². The highest BCUT2D eigenvalue weighted by Crippen LogP contribution is 2.39. The van der Waals surface area contributed by atoms with E-state index in [1.807, 2.05) is 0 Å². The summed E-state index contributed by atoms with van der Waals surface area (Å²) in [5.74, 6) is -0.888. The summed E-state index contributed by atoms with van der Waals surface area (Å²) in [5, 5.41) is 13.7. The summed E-state index contributed by atoms with van der Waals surface area (Å²) in [6.07, 6.45) is -5.10. The second-order valence-corrected chi connectivity index (χ2v) is 6.31. The summed E-state index contributed by atoms with van der Waals surface area (Å²) in [6.45, 7) is 1.75. The molecule has 1 aromatic carbocycles. The average Bonchev–Trinajstić information content (AvgIpc) is 3.22. The fraction of sp³-hybridized carbons (Fsp3) is 0.294. The zero-order valence-corrected chi connectivity index (χ0v) is 14.7. The molecule has 1 aliphatic heterocycles. The van der Waals surface area contributed by atoms with E-state index in [-0.39, 0.29) is 17.4 Å². The summed E-state index contributed by atoms with van der Waals surface area (Å²) in [7, 11) is 0. The van der Waals surface area contributed by atoms with Gasteiger partial charge in [-0.05, 0) is 42.8 Å². The third-order valence-corrected chi connectivity index (χ3v) is 4.38. The average molecular weight is 403 g/mol. The van der Waals surface area contributed by atoms with Crippen molar-refractivity contribution in [2.75, 3.05) is 0 Å². The van der Waals surface area contributed by atoms with Gasteiger partial charge in [0.05, 0.1) is 0 Å². The van der Waals surface area contributed by atoms with Crippen LogP contribution < -0.4 is 4.74 Å². The lowest BCUT2D eigenvalue weighted by Crippen LogP contribution is -2.56. The topological polar surface area (TPSA) is 75.3 Å². The van der Waals surface area contributed by atoms with Gasteiger partial charge in [-0.25, -0.2) is 0 Å². The van der Waals surface area contributed by atoms with Gasteiger partial charge in [-0.3, -0.25) is 4.79 Å². The molecule has 2 heterocycles. The van der Waals surface area contributed by atoms with Gasteiger partial charge in [-0.2, -0.15) is 23.3 Å². The van der Waals surface area contributed by atoms with E-state index >= 15 is 0 Å². The van der Waals surface area contributed by atoms with E-state index in [0.29, 0.717) is 10.8 Å². The number of furan rings is 1. The molecule has 27 heavy (non-hydrogen) atoms. The minimum atomic E-state index is -5.07. The molecule has 10 heteroatoms. The van der Waals surface area contributed by atoms with Gasteiger partial charge >= 0.3 is 12.1 Å². The molecular weight excluding hydrogens is 389 g/mol. The van der Waals surface area contributed by atoms with Crippen LogP contribution in [-0.2, 0) is 6.61 Å². The monoisotopic (exact) mass is 402 g/mol. The molecule has 0 radical (unpaired) electrons. The lowest BCUT2D eigenvalue weighted by atomic mass is 10.1. The first-order valence-corrected chi connectivity index (χ1v) is 8.13. The minimum Gasteiger partial charge on any atom is -0.486 e. The molecule has 1 aliphatic rings. The minimum absolute atomic E-state index is 0.0287. The summed E-state index contributed by atoms with van der Waals surface area (Å²) in [4.78, 5) is 12.3. The smallest absolute Gasteiger partial charge is 0.438 e. The molecule has 0 aliphatic carbocycles. The van der Waals surface area contributed by atoms with Crippen LogP contribution >= 0.6 is 11.6 Å². The maximum atomic E-state index is 13.1. The Kier molecular flexibility index (Phi) is 4.92. The largest absolute Gasteiger partial charge is 0.486 e. The van der Waals surface area contributed by atoms with E-state index in [1.165, 1.54) is 12.1 Å². The van der Waals surface area contributed by atoms with Crippen molar-refractivity contribution < 1.29 is 32.2 Å². The van der Waals surface area contributed by atoms with Crippen LogP contribution in [-0.4, -0.2) is 34.1 Å². The van der Waals surface area contributed by atoms with Crippen molar-refractivity contribution in [3.63, 3.8) is 0 Å². The van der Waals surface area contributed by atoms with Crippen molar-refractivity contribution in [1.82, 2.24) is 5.01 Å². The van der Waals surface area contributed by atoms with Crippen molar-refractivity contribution in [2.24, 2.45) is 5.10 Å². The normalized spacial score (nSPS) is 19.6. The van der Waals surface area contributed by atoms with E-state index < -0.39 is 30.0 Å². The van der Waals surface area contributed by atoms with Gasteiger partial charge in [-0.1, -0.05) is 11.6 Å². The molecule has 0 fully saturated rings. The molecule has 2 aromatic rings. The second kappa shape index (κ2) is 6.90. The van der Waals surface area contributed by atoms with Crippen molar-refractivity contribution in [3.05, 3.63) is 52.4 Å². The first-order chi connectivity index (χ1) is 12.6. The Labute approximate surface area is 156 Å². The zero-order valence-electron chi connectivity index (χ0n) is 14.0. The molecule has 3 rings (SSSR count). The molecule has 1 N–H and O–H groups in total. The second-order valence-electron chi connectivity index (χ2n) is 5.90. The quantitative estimate of drug-likeness (QED) is 0.841. The fourth-order valence-corrected chi connectivity index (χ4v) is 2.54. The van der Waals surface area contributed by atoms with Crippen LogP contribution in [0.5, 0.6) is 5.75 Å². The van der Waals surface area contributed by atoms with E-state index in [4.69, 9.17) is 20.8 Å². The van der Waals surface area contributed by atoms with Gasteiger partial charge < -0.3 is 14.3 Å². The molecule has 0 saturated carbocycles. The lowest BCUT2D eigenvalue weighted by Gasteiger charge is -2.31. The predicted molar refractivity (Wildman–Crippen MR) is 89.5 cm³/mol. The Bertz CT molecular complexity index is 897. The third-order valence-electron chi connectivity index (χ3n) is 3.95. The van der Waals surface area contributed by atoms with Crippen LogP contribution in [0.1, 0.15) is 28.3 Å². The van der Waals surface area contributed by atoms with Crippen LogP contribution in [0, 0.1) is 6.92 Å². The molecule has 1 aromatic heterocycles. The first-order valence-electron chi connectivity index (χ1n) is 7.75. The lowest BCUT2D eigenvalue weighted by molar-refractivity contribution is -0.297. The Hall–Kier alpha value is -2.52. The highest BCUT2D eigenvalue weighted by atomic mass is 35.5. The molecular formula is C17H14ClF3N2O4. The number of alkyl halides is 3.